The number of carbonyl (C=O) groups excluding carboxylic acids is 1. The molecule has 6 aromatic rings. The molecule has 11 heteroatoms. The number of rotatable bonds is 11. The van der Waals surface area contributed by atoms with Crippen LogP contribution in [0.2, 0.25) is 0 Å². The van der Waals surface area contributed by atoms with Gasteiger partial charge in [0.25, 0.3) is 0 Å². The molecule has 1 spiro atoms. The molecule has 4 heterocycles. The number of nitrogens with one attached hydrogen (secondary N) is 1. The molecule has 2 aliphatic rings. The molecule has 0 atom stereocenters. The molecule has 3 aromatic carbocycles. The van der Waals surface area contributed by atoms with Crippen LogP contribution in [0.25, 0.3) is 16.7 Å². The summed E-state index contributed by atoms with van der Waals surface area (Å²) < 4.78 is 21.2. The quantitative estimate of drug-likeness (QED) is 0.139. The Morgan fingerprint density at radius 2 is 1.49 bits per heavy atom. The fraction of sp³-hybridized carbons (Fsp3) is 0.348. The van der Waals surface area contributed by atoms with E-state index in [4.69, 9.17) is 19.2 Å². The number of pyridine rings is 2. The molecule has 1 aliphatic heterocycles. The maximum atomic E-state index is 14.2. The first-order valence-electron chi connectivity index (χ1n) is 19.8. The summed E-state index contributed by atoms with van der Waals surface area (Å²) in [7, 11) is 1.84. The van der Waals surface area contributed by atoms with Gasteiger partial charge in [0.2, 0.25) is 11.8 Å². The highest BCUT2D eigenvalue weighted by Gasteiger charge is 2.45. The van der Waals surface area contributed by atoms with Crippen molar-refractivity contribution in [2.24, 2.45) is 18.4 Å². The Balaban J connectivity index is 0.960. The SMILES string of the molecule is Cn1c(=O)n(-c2ccc(OCc3ccccc3)nc2OCc2ccccc2)c2cccc(N3CCC4(CC3)CC(Cc3ccc(NC(=O)OC(C)(C)C)nc3)C4)c21. The predicted molar refractivity (Wildman–Crippen MR) is 222 cm³/mol. The average molecular weight is 767 g/mol. The standard InChI is InChI=1S/C46H50N6O5/c1-45(2,3)57-43(53)48-39-20-18-34(29-47-39)26-35-27-46(28-35)22-24-51(25-23-46)36-16-11-17-37-41(36)50(4)44(54)52(37)38-19-21-40(55-30-32-12-7-5-8-13-32)49-42(38)56-31-33-14-9-6-10-15-33/h5-21,29,35H,22-28,30-31H2,1-4H3,(H,47,48,53). The van der Waals surface area contributed by atoms with E-state index in [1.807, 2.05) is 125 Å². The molecular formula is C46H50N6O5. The Morgan fingerprint density at radius 3 is 2.14 bits per heavy atom. The van der Waals surface area contributed by atoms with Crippen LogP contribution in [0.5, 0.6) is 11.8 Å². The summed E-state index contributed by atoms with van der Waals surface area (Å²) in [6, 6.07) is 33.6. The van der Waals surface area contributed by atoms with Gasteiger partial charge in [-0.05, 0) is 105 Å². The van der Waals surface area contributed by atoms with Crippen molar-refractivity contribution >= 4 is 28.6 Å². The van der Waals surface area contributed by atoms with Crippen LogP contribution < -0.4 is 25.4 Å². The minimum atomic E-state index is -0.563. The highest BCUT2D eigenvalue weighted by molar-refractivity contribution is 5.91. The number of carbonyl (C=O) groups is 1. The molecule has 0 radical (unpaired) electrons. The Labute approximate surface area is 333 Å². The van der Waals surface area contributed by atoms with Crippen LogP contribution in [0.1, 0.15) is 63.1 Å². The van der Waals surface area contributed by atoms with Crippen molar-refractivity contribution in [1.82, 2.24) is 19.1 Å². The molecule has 57 heavy (non-hydrogen) atoms. The highest BCUT2D eigenvalue weighted by atomic mass is 16.6. The van der Waals surface area contributed by atoms with Gasteiger partial charge in [-0.25, -0.2) is 14.6 Å². The van der Waals surface area contributed by atoms with Crippen LogP contribution in [-0.2, 0) is 31.4 Å². The maximum Gasteiger partial charge on any atom is 0.413 e. The van der Waals surface area contributed by atoms with Gasteiger partial charge in [-0.15, -0.1) is 0 Å². The third kappa shape index (κ3) is 8.52. The van der Waals surface area contributed by atoms with Crippen molar-refractivity contribution in [3.8, 4) is 17.4 Å². The van der Waals surface area contributed by atoms with Gasteiger partial charge in [-0.2, -0.15) is 4.98 Å². The van der Waals surface area contributed by atoms with Crippen molar-refractivity contribution in [3.05, 3.63) is 136 Å². The summed E-state index contributed by atoms with van der Waals surface area (Å²) >= 11 is 0. The van der Waals surface area contributed by atoms with Gasteiger partial charge >= 0.3 is 11.8 Å². The lowest BCUT2D eigenvalue weighted by molar-refractivity contribution is 0.0283. The average Bonchev–Trinajstić information content (AvgIpc) is 3.45. The first kappa shape index (κ1) is 37.8. The molecule has 0 unspecified atom stereocenters. The van der Waals surface area contributed by atoms with E-state index < -0.39 is 11.7 Å². The Morgan fingerprint density at radius 1 is 0.807 bits per heavy atom. The number of aryl methyl sites for hydroxylation is 1. The number of fused-ring (bicyclic) bond motifs is 1. The second-order valence-electron chi connectivity index (χ2n) is 16.5. The molecule has 1 N–H and O–H groups in total. The number of para-hydroxylation sites is 1. The van der Waals surface area contributed by atoms with Gasteiger partial charge in [0, 0.05) is 32.4 Å². The first-order valence-corrected chi connectivity index (χ1v) is 19.8. The number of benzene rings is 3. The molecule has 11 nitrogen and oxygen atoms in total. The molecule has 294 valence electrons. The van der Waals surface area contributed by atoms with E-state index in [0.717, 1.165) is 60.2 Å². The molecule has 1 aliphatic carbocycles. The lowest BCUT2D eigenvalue weighted by Crippen LogP contribution is -2.47. The summed E-state index contributed by atoms with van der Waals surface area (Å²) in [5, 5.41) is 2.71. The smallest absolute Gasteiger partial charge is 0.413 e. The Hall–Kier alpha value is -6.10. The molecule has 1 saturated heterocycles. The van der Waals surface area contributed by atoms with E-state index >= 15 is 0 Å². The largest absolute Gasteiger partial charge is 0.473 e. The van der Waals surface area contributed by atoms with E-state index in [9.17, 15) is 9.59 Å². The zero-order valence-electron chi connectivity index (χ0n) is 33.1. The topological polar surface area (TPSA) is 113 Å². The van der Waals surface area contributed by atoms with E-state index in [1.54, 1.807) is 15.2 Å². The third-order valence-corrected chi connectivity index (χ3v) is 11.1. The number of anilines is 2. The number of hydrogen-bond acceptors (Lipinski definition) is 8. The predicted octanol–water partition coefficient (Wildman–Crippen LogP) is 8.86. The number of imidazole rings is 1. The number of hydrogen-bond donors (Lipinski definition) is 1. The monoisotopic (exact) mass is 766 g/mol. The van der Waals surface area contributed by atoms with Gasteiger partial charge < -0.3 is 19.1 Å². The summed E-state index contributed by atoms with van der Waals surface area (Å²) in [6.07, 6.45) is 6.95. The number of piperidine rings is 1. The number of amides is 1. The van der Waals surface area contributed by atoms with E-state index in [1.165, 1.54) is 18.4 Å². The van der Waals surface area contributed by atoms with E-state index in [2.05, 4.69) is 21.3 Å². The lowest BCUT2D eigenvalue weighted by atomic mass is 9.56. The van der Waals surface area contributed by atoms with Gasteiger partial charge in [-0.3, -0.25) is 14.5 Å². The fourth-order valence-corrected chi connectivity index (χ4v) is 8.41. The number of aromatic nitrogens is 4. The van der Waals surface area contributed by atoms with Crippen LogP contribution >= 0.6 is 0 Å². The molecule has 1 saturated carbocycles. The summed E-state index contributed by atoms with van der Waals surface area (Å²) in [5.41, 5.74) is 6.13. The van der Waals surface area contributed by atoms with E-state index in [-0.39, 0.29) is 5.69 Å². The summed E-state index contributed by atoms with van der Waals surface area (Å²) in [4.78, 5) is 38.0. The second kappa shape index (κ2) is 15.8. The second-order valence-corrected chi connectivity index (χ2v) is 16.5. The van der Waals surface area contributed by atoms with Crippen LogP contribution in [0.4, 0.5) is 16.3 Å². The highest BCUT2D eigenvalue weighted by Crippen LogP contribution is 2.54. The summed E-state index contributed by atoms with van der Waals surface area (Å²) in [6.45, 7) is 8.02. The summed E-state index contributed by atoms with van der Waals surface area (Å²) in [5.74, 6) is 1.85. The van der Waals surface area contributed by atoms with Crippen molar-refractivity contribution in [2.75, 3.05) is 23.3 Å². The minimum absolute atomic E-state index is 0.166. The molecular weight excluding hydrogens is 717 g/mol. The number of ether oxygens (including phenoxy) is 3. The Bertz CT molecular complexity index is 2390. The lowest BCUT2D eigenvalue weighted by Gasteiger charge is -2.53. The van der Waals surface area contributed by atoms with Crippen molar-refractivity contribution < 1.29 is 19.0 Å². The minimum Gasteiger partial charge on any atom is -0.473 e. The van der Waals surface area contributed by atoms with Gasteiger partial charge in [0.15, 0.2) is 0 Å². The molecule has 1 amide bonds. The third-order valence-electron chi connectivity index (χ3n) is 11.1. The molecule has 3 aromatic heterocycles. The molecule has 8 rings (SSSR count). The van der Waals surface area contributed by atoms with Gasteiger partial charge in [0.05, 0.1) is 16.7 Å². The van der Waals surface area contributed by atoms with Gasteiger partial charge in [0.1, 0.15) is 30.3 Å². The first-order chi connectivity index (χ1) is 27.5. The normalized spacial score (nSPS) is 15.3. The number of nitrogens with zero attached hydrogens (tertiary/aromatic N) is 5. The zero-order chi connectivity index (χ0) is 39.6. The van der Waals surface area contributed by atoms with E-state index in [0.29, 0.717) is 47.8 Å². The Kier molecular flexibility index (Phi) is 10.5. The maximum absolute atomic E-state index is 14.2. The molecule has 2 fully saturated rings. The van der Waals surface area contributed by atoms with Gasteiger partial charge in [-0.1, -0.05) is 72.8 Å². The van der Waals surface area contributed by atoms with Crippen molar-refractivity contribution in [2.45, 2.75) is 71.7 Å². The van der Waals surface area contributed by atoms with Crippen LogP contribution in [0.15, 0.2) is 114 Å². The van der Waals surface area contributed by atoms with Crippen molar-refractivity contribution in [1.29, 1.82) is 0 Å². The van der Waals surface area contributed by atoms with Crippen molar-refractivity contribution in [3.63, 3.8) is 0 Å². The van der Waals surface area contributed by atoms with Crippen LogP contribution in [0, 0.1) is 11.3 Å². The van der Waals surface area contributed by atoms with Crippen LogP contribution in [0.3, 0.4) is 0 Å². The zero-order valence-corrected chi connectivity index (χ0v) is 33.1. The van der Waals surface area contributed by atoms with Crippen LogP contribution in [-0.4, -0.2) is 43.9 Å². The fourth-order valence-electron chi connectivity index (χ4n) is 8.41. The molecule has 0 bridgehead atoms.